The highest BCUT2D eigenvalue weighted by molar-refractivity contribution is 6.42. The number of rotatable bonds is 5. The Morgan fingerprint density at radius 3 is 2.55 bits per heavy atom. The summed E-state index contributed by atoms with van der Waals surface area (Å²) in [5.74, 6) is 0.0530. The standard InChI is InChI=1S/C17H18Cl2N2O/c1-12(2)21(11-14-4-3-7-20-10-14)17(22)9-13-5-6-15(18)16(19)8-13/h3-8,10,12H,9,11H2,1-2H3. The second kappa shape index (κ2) is 7.61. The molecule has 1 amide bonds. The lowest BCUT2D eigenvalue weighted by molar-refractivity contribution is -0.132. The van der Waals surface area contributed by atoms with E-state index in [1.165, 1.54) is 0 Å². The fourth-order valence-corrected chi connectivity index (χ4v) is 2.49. The van der Waals surface area contributed by atoms with E-state index in [0.717, 1.165) is 11.1 Å². The molecule has 0 aliphatic heterocycles. The van der Waals surface area contributed by atoms with E-state index in [1.807, 2.05) is 36.9 Å². The Kier molecular flexibility index (Phi) is 5.81. The molecule has 0 radical (unpaired) electrons. The number of halogens is 2. The van der Waals surface area contributed by atoms with Gasteiger partial charge >= 0.3 is 0 Å². The Bertz CT molecular complexity index is 644. The van der Waals surface area contributed by atoms with Crippen molar-refractivity contribution >= 4 is 29.1 Å². The summed E-state index contributed by atoms with van der Waals surface area (Å²) in [5, 5.41) is 0.962. The summed E-state index contributed by atoms with van der Waals surface area (Å²) < 4.78 is 0. The Morgan fingerprint density at radius 1 is 1.18 bits per heavy atom. The number of carbonyl (C=O) groups is 1. The van der Waals surface area contributed by atoms with Crippen molar-refractivity contribution in [3.63, 3.8) is 0 Å². The van der Waals surface area contributed by atoms with Gasteiger partial charge in [-0.1, -0.05) is 35.3 Å². The molecule has 0 fully saturated rings. The molecule has 1 heterocycles. The monoisotopic (exact) mass is 336 g/mol. The van der Waals surface area contributed by atoms with Crippen LogP contribution < -0.4 is 0 Å². The molecule has 5 heteroatoms. The molecule has 0 aliphatic rings. The first-order valence-electron chi connectivity index (χ1n) is 7.09. The number of hydrogen-bond acceptors (Lipinski definition) is 2. The third-order valence-corrected chi connectivity index (χ3v) is 4.10. The van der Waals surface area contributed by atoms with E-state index in [0.29, 0.717) is 23.0 Å². The predicted molar refractivity (Wildman–Crippen MR) is 90.1 cm³/mol. The summed E-state index contributed by atoms with van der Waals surface area (Å²) in [6.07, 6.45) is 3.80. The number of amides is 1. The summed E-state index contributed by atoms with van der Waals surface area (Å²) in [6.45, 7) is 4.55. The largest absolute Gasteiger partial charge is 0.336 e. The van der Waals surface area contributed by atoms with Crippen LogP contribution in [0.4, 0.5) is 0 Å². The molecule has 0 saturated carbocycles. The van der Waals surface area contributed by atoms with Crippen LogP contribution in [0.5, 0.6) is 0 Å². The molecule has 0 atom stereocenters. The molecule has 0 saturated heterocycles. The van der Waals surface area contributed by atoms with Crippen molar-refractivity contribution in [1.29, 1.82) is 0 Å². The lowest BCUT2D eigenvalue weighted by Gasteiger charge is -2.27. The van der Waals surface area contributed by atoms with Crippen molar-refractivity contribution in [3.05, 3.63) is 63.9 Å². The highest BCUT2D eigenvalue weighted by atomic mass is 35.5. The number of nitrogens with zero attached hydrogens (tertiary/aromatic N) is 2. The van der Waals surface area contributed by atoms with Crippen molar-refractivity contribution in [2.24, 2.45) is 0 Å². The van der Waals surface area contributed by atoms with Crippen LogP contribution in [0.25, 0.3) is 0 Å². The van der Waals surface area contributed by atoms with Crippen LogP contribution >= 0.6 is 23.2 Å². The van der Waals surface area contributed by atoms with Crippen LogP contribution in [0.2, 0.25) is 10.0 Å². The maximum absolute atomic E-state index is 12.6. The molecule has 1 aromatic heterocycles. The van der Waals surface area contributed by atoms with Crippen molar-refractivity contribution in [1.82, 2.24) is 9.88 Å². The number of pyridine rings is 1. The number of benzene rings is 1. The van der Waals surface area contributed by atoms with E-state index in [2.05, 4.69) is 4.98 Å². The minimum absolute atomic E-state index is 0.0530. The highest BCUT2D eigenvalue weighted by Crippen LogP contribution is 2.23. The van der Waals surface area contributed by atoms with Gasteiger partial charge in [0.1, 0.15) is 0 Å². The highest BCUT2D eigenvalue weighted by Gasteiger charge is 2.18. The summed E-state index contributed by atoms with van der Waals surface area (Å²) in [6, 6.07) is 9.23. The van der Waals surface area contributed by atoms with Crippen molar-refractivity contribution in [2.45, 2.75) is 32.9 Å². The SMILES string of the molecule is CC(C)N(Cc1cccnc1)C(=O)Cc1ccc(Cl)c(Cl)c1. The first-order valence-corrected chi connectivity index (χ1v) is 7.85. The molecule has 2 aromatic rings. The van der Waals surface area contributed by atoms with E-state index < -0.39 is 0 Å². The predicted octanol–water partition coefficient (Wildman–Crippen LogP) is 4.37. The number of aromatic nitrogens is 1. The van der Waals surface area contributed by atoms with E-state index in [4.69, 9.17) is 23.2 Å². The van der Waals surface area contributed by atoms with Gasteiger partial charge in [-0.15, -0.1) is 0 Å². The summed E-state index contributed by atoms with van der Waals surface area (Å²) in [7, 11) is 0. The molecule has 0 unspecified atom stereocenters. The van der Waals surface area contributed by atoms with Gasteiger partial charge in [0.15, 0.2) is 0 Å². The zero-order chi connectivity index (χ0) is 16.1. The normalized spacial score (nSPS) is 10.8. The van der Waals surface area contributed by atoms with E-state index in [-0.39, 0.29) is 11.9 Å². The summed E-state index contributed by atoms with van der Waals surface area (Å²) in [4.78, 5) is 18.5. The van der Waals surface area contributed by atoms with Crippen LogP contribution in [-0.2, 0) is 17.8 Å². The number of carbonyl (C=O) groups excluding carboxylic acids is 1. The van der Waals surface area contributed by atoms with E-state index in [1.54, 1.807) is 24.5 Å². The molecule has 0 N–H and O–H groups in total. The van der Waals surface area contributed by atoms with Crippen LogP contribution in [0.3, 0.4) is 0 Å². The van der Waals surface area contributed by atoms with Gasteiger partial charge in [0.2, 0.25) is 5.91 Å². The Balaban J connectivity index is 2.11. The molecular weight excluding hydrogens is 319 g/mol. The fourth-order valence-electron chi connectivity index (χ4n) is 2.17. The quantitative estimate of drug-likeness (QED) is 0.812. The molecule has 1 aromatic carbocycles. The maximum atomic E-state index is 12.6. The van der Waals surface area contributed by atoms with Gasteiger partial charge in [-0.3, -0.25) is 9.78 Å². The molecular formula is C17H18Cl2N2O. The lowest BCUT2D eigenvalue weighted by Crippen LogP contribution is -2.37. The molecule has 2 rings (SSSR count). The molecule has 3 nitrogen and oxygen atoms in total. The van der Waals surface area contributed by atoms with Crippen LogP contribution in [0.1, 0.15) is 25.0 Å². The van der Waals surface area contributed by atoms with Gasteiger partial charge in [0.25, 0.3) is 0 Å². The van der Waals surface area contributed by atoms with Gasteiger partial charge in [-0.05, 0) is 43.2 Å². The van der Waals surface area contributed by atoms with Crippen LogP contribution in [0, 0.1) is 0 Å². The Hall–Kier alpha value is -1.58. The van der Waals surface area contributed by atoms with Crippen LogP contribution in [-0.4, -0.2) is 21.8 Å². The Labute approximate surface area is 140 Å². The smallest absolute Gasteiger partial charge is 0.227 e. The maximum Gasteiger partial charge on any atom is 0.227 e. The minimum Gasteiger partial charge on any atom is -0.336 e. The zero-order valence-electron chi connectivity index (χ0n) is 12.6. The first-order chi connectivity index (χ1) is 10.5. The lowest BCUT2D eigenvalue weighted by atomic mass is 10.1. The molecule has 0 bridgehead atoms. The third kappa shape index (κ3) is 4.46. The Morgan fingerprint density at radius 2 is 1.95 bits per heavy atom. The van der Waals surface area contributed by atoms with Gasteiger partial charge in [-0.25, -0.2) is 0 Å². The molecule has 22 heavy (non-hydrogen) atoms. The zero-order valence-corrected chi connectivity index (χ0v) is 14.1. The third-order valence-electron chi connectivity index (χ3n) is 3.36. The van der Waals surface area contributed by atoms with Crippen molar-refractivity contribution in [2.75, 3.05) is 0 Å². The van der Waals surface area contributed by atoms with Gasteiger partial charge < -0.3 is 4.90 Å². The van der Waals surface area contributed by atoms with Gasteiger partial charge in [-0.2, -0.15) is 0 Å². The number of hydrogen-bond donors (Lipinski definition) is 0. The van der Waals surface area contributed by atoms with Crippen molar-refractivity contribution < 1.29 is 4.79 Å². The van der Waals surface area contributed by atoms with E-state index in [9.17, 15) is 4.79 Å². The molecule has 116 valence electrons. The topological polar surface area (TPSA) is 33.2 Å². The minimum atomic E-state index is 0.0530. The van der Waals surface area contributed by atoms with E-state index >= 15 is 0 Å². The molecule has 0 aliphatic carbocycles. The second-order valence-electron chi connectivity index (χ2n) is 5.40. The first kappa shape index (κ1) is 16.8. The van der Waals surface area contributed by atoms with Gasteiger partial charge in [0.05, 0.1) is 16.5 Å². The van der Waals surface area contributed by atoms with Crippen LogP contribution in [0.15, 0.2) is 42.7 Å². The summed E-state index contributed by atoms with van der Waals surface area (Å²) >= 11 is 11.9. The van der Waals surface area contributed by atoms with Gasteiger partial charge in [0, 0.05) is 25.0 Å². The van der Waals surface area contributed by atoms with Crippen molar-refractivity contribution in [3.8, 4) is 0 Å². The molecule has 0 spiro atoms. The average Bonchev–Trinajstić information content (AvgIpc) is 2.49. The second-order valence-corrected chi connectivity index (χ2v) is 6.22. The average molecular weight is 337 g/mol. The summed E-state index contributed by atoms with van der Waals surface area (Å²) in [5.41, 5.74) is 1.87. The fraction of sp³-hybridized carbons (Fsp3) is 0.294.